The molecule has 7 nitrogen and oxygen atoms in total. The molecule has 0 N–H and O–H groups in total. The van der Waals surface area contributed by atoms with E-state index in [0.717, 1.165) is 0 Å². The number of ether oxygens (including phenoxy) is 2. The Hall–Kier alpha value is -1.89. The van der Waals surface area contributed by atoms with Gasteiger partial charge in [-0.15, -0.1) is 0 Å². The summed E-state index contributed by atoms with van der Waals surface area (Å²) >= 11 is 0. The average molecular weight is 281 g/mol. The van der Waals surface area contributed by atoms with Crippen molar-refractivity contribution in [3.63, 3.8) is 0 Å². The van der Waals surface area contributed by atoms with Crippen molar-refractivity contribution in [2.24, 2.45) is 0 Å². The molecule has 2 rings (SSSR count). The molecule has 1 aliphatic heterocycles. The van der Waals surface area contributed by atoms with Crippen molar-refractivity contribution < 1.29 is 19.1 Å². The second-order valence-electron chi connectivity index (χ2n) is 5.43. The molecule has 2 heterocycles. The Morgan fingerprint density at radius 3 is 2.85 bits per heavy atom. The lowest BCUT2D eigenvalue weighted by Gasteiger charge is -2.26. The number of aromatic nitrogens is 2. The summed E-state index contributed by atoms with van der Waals surface area (Å²) in [6.07, 6.45) is 3.22. The van der Waals surface area contributed by atoms with E-state index in [0.29, 0.717) is 24.6 Å². The van der Waals surface area contributed by atoms with Gasteiger partial charge in [-0.2, -0.15) is 5.06 Å². The van der Waals surface area contributed by atoms with E-state index in [1.54, 1.807) is 27.0 Å². The molecule has 0 unspecified atom stereocenters. The standard InChI is InChI=1S/C13H19N3O4/c1-13(2,3)20-12(17)16-10(5-6-19-16)9-7-14-8-11(15-9)18-4/h7-8,10H,5-6H2,1-4H3/t10-/m0/s1. The Morgan fingerprint density at radius 1 is 1.45 bits per heavy atom. The number of nitrogens with zero attached hydrogens (tertiary/aromatic N) is 3. The molecule has 1 fully saturated rings. The molecular weight excluding hydrogens is 262 g/mol. The fraction of sp³-hybridized carbons (Fsp3) is 0.615. The first kappa shape index (κ1) is 14.5. The van der Waals surface area contributed by atoms with Crippen LogP contribution in [0.4, 0.5) is 4.79 Å². The van der Waals surface area contributed by atoms with E-state index in [9.17, 15) is 4.79 Å². The van der Waals surface area contributed by atoms with Gasteiger partial charge < -0.3 is 9.47 Å². The zero-order chi connectivity index (χ0) is 14.8. The predicted octanol–water partition coefficient (Wildman–Crippen LogP) is 2.10. The Bertz CT molecular complexity index is 487. The monoisotopic (exact) mass is 281 g/mol. The van der Waals surface area contributed by atoms with Gasteiger partial charge in [-0.3, -0.25) is 9.82 Å². The molecule has 0 saturated carbocycles. The number of methoxy groups -OCH3 is 1. The van der Waals surface area contributed by atoms with Crippen LogP contribution in [0.2, 0.25) is 0 Å². The molecule has 0 spiro atoms. The minimum absolute atomic E-state index is 0.313. The maximum Gasteiger partial charge on any atom is 0.435 e. The highest BCUT2D eigenvalue weighted by Crippen LogP contribution is 2.30. The minimum Gasteiger partial charge on any atom is -0.480 e. The van der Waals surface area contributed by atoms with E-state index < -0.39 is 11.7 Å². The maximum absolute atomic E-state index is 12.1. The fourth-order valence-corrected chi connectivity index (χ4v) is 1.85. The number of rotatable bonds is 2. The molecule has 0 aromatic carbocycles. The van der Waals surface area contributed by atoms with Crippen LogP contribution in [0.1, 0.15) is 38.9 Å². The van der Waals surface area contributed by atoms with Gasteiger partial charge in [0.1, 0.15) is 11.6 Å². The first-order chi connectivity index (χ1) is 9.40. The topological polar surface area (TPSA) is 73.8 Å². The van der Waals surface area contributed by atoms with Crippen LogP contribution in [0, 0.1) is 0 Å². The van der Waals surface area contributed by atoms with Crippen molar-refractivity contribution in [3.8, 4) is 5.88 Å². The quantitative estimate of drug-likeness (QED) is 0.826. The molecular formula is C13H19N3O4. The van der Waals surface area contributed by atoms with Crippen molar-refractivity contribution in [1.82, 2.24) is 15.0 Å². The first-order valence-electron chi connectivity index (χ1n) is 6.42. The number of hydrogen-bond acceptors (Lipinski definition) is 6. The second-order valence-corrected chi connectivity index (χ2v) is 5.43. The third kappa shape index (κ3) is 3.36. The van der Waals surface area contributed by atoms with Crippen molar-refractivity contribution in [2.75, 3.05) is 13.7 Å². The molecule has 1 aromatic heterocycles. The summed E-state index contributed by atoms with van der Waals surface area (Å²) in [6, 6.07) is -0.313. The predicted molar refractivity (Wildman–Crippen MR) is 70.0 cm³/mol. The van der Waals surface area contributed by atoms with E-state index in [1.165, 1.54) is 18.4 Å². The van der Waals surface area contributed by atoms with Gasteiger partial charge in [0.2, 0.25) is 5.88 Å². The molecule has 0 radical (unpaired) electrons. The highest BCUT2D eigenvalue weighted by Gasteiger charge is 2.36. The summed E-state index contributed by atoms with van der Waals surface area (Å²) in [6.45, 7) is 5.85. The lowest BCUT2D eigenvalue weighted by molar-refractivity contribution is -0.125. The number of amides is 1. The molecule has 1 amide bonds. The molecule has 1 aromatic rings. The summed E-state index contributed by atoms with van der Waals surface area (Å²) in [7, 11) is 1.52. The maximum atomic E-state index is 12.1. The molecule has 1 atom stereocenters. The van der Waals surface area contributed by atoms with Gasteiger partial charge in [-0.1, -0.05) is 0 Å². The van der Waals surface area contributed by atoms with Crippen LogP contribution in [-0.2, 0) is 9.57 Å². The highest BCUT2D eigenvalue weighted by atomic mass is 16.7. The Kier molecular flexibility index (Phi) is 4.08. The van der Waals surface area contributed by atoms with Crippen LogP contribution in [-0.4, -0.2) is 40.4 Å². The Labute approximate surface area is 117 Å². The summed E-state index contributed by atoms with van der Waals surface area (Å²) in [5, 5.41) is 1.22. The largest absolute Gasteiger partial charge is 0.480 e. The summed E-state index contributed by atoms with van der Waals surface area (Å²) in [4.78, 5) is 25.8. The summed E-state index contributed by atoms with van der Waals surface area (Å²) < 4.78 is 10.4. The highest BCUT2D eigenvalue weighted by molar-refractivity contribution is 5.67. The second kappa shape index (κ2) is 5.62. The smallest absolute Gasteiger partial charge is 0.435 e. The third-order valence-electron chi connectivity index (χ3n) is 2.66. The van der Waals surface area contributed by atoms with E-state index in [1.807, 2.05) is 0 Å². The van der Waals surface area contributed by atoms with E-state index in [2.05, 4.69) is 9.97 Å². The van der Waals surface area contributed by atoms with Gasteiger partial charge in [0, 0.05) is 6.42 Å². The van der Waals surface area contributed by atoms with Gasteiger partial charge >= 0.3 is 6.09 Å². The SMILES string of the molecule is COc1cncc([C@@H]2CCON2C(=O)OC(C)(C)C)n1. The van der Waals surface area contributed by atoms with Gasteiger partial charge in [-0.25, -0.2) is 9.78 Å². The van der Waals surface area contributed by atoms with Gasteiger partial charge in [0.15, 0.2) is 0 Å². The zero-order valence-corrected chi connectivity index (χ0v) is 12.1. The number of hydroxylamine groups is 2. The molecule has 0 bridgehead atoms. The summed E-state index contributed by atoms with van der Waals surface area (Å²) in [5.74, 6) is 0.401. The van der Waals surface area contributed by atoms with Crippen LogP contribution in [0.15, 0.2) is 12.4 Å². The first-order valence-corrected chi connectivity index (χ1v) is 6.42. The molecule has 1 saturated heterocycles. The molecule has 0 aliphatic carbocycles. The minimum atomic E-state index is -0.576. The van der Waals surface area contributed by atoms with Crippen molar-refractivity contribution in [2.45, 2.75) is 38.8 Å². The average Bonchev–Trinajstić information content (AvgIpc) is 2.86. The Balaban J connectivity index is 2.16. The van der Waals surface area contributed by atoms with Crippen molar-refractivity contribution in [3.05, 3.63) is 18.1 Å². The summed E-state index contributed by atoms with van der Waals surface area (Å²) in [5.41, 5.74) is 0.0425. The molecule has 7 heteroatoms. The van der Waals surface area contributed by atoms with E-state index in [4.69, 9.17) is 14.3 Å². The number of hydrogen-bond donors (Lipinski definition) is 0. The molecule has 1 aliphatic rings. The van der Waals surface area contributed by atoms with E-state index in [-0.39, 0.29) is 6.04 Å². The van der Waals surface area contributed by atoms with Crippen molar-refractivity contribution in [1.29, 1.82) is 0 Å². The number of carbonyl (C=O) groups excluding carboxylic acids is 1. The molecule has 20 heavy (non-hydrogen) atoms. The zero-order valence-electron chi connectivity index (χ0n) is 12.1. The van der Waals surface area contributed by atoms with Gasteiger partial charge in [0.25, 0.3) is 0 Å². The van der Waals surface area contributed by atoms with Crippen LogP contribution in [0.3, 0.4) is 0 Å². The molecule has 110 valence electrons. The van der Waals surface area contributed by atoms with Gasteiger partial charge in [0.05, 0.1) is 31.8 Å². The van der Waals surface area contributed by atoms with E-state index >= 15 is 0 Å². The van der Waals surface area contributed by atoms with Crippen LogP contribution in [0.25, 0.3) is 0 Å². The van der Waals surface area contributed by atoms with Crippen LogP contribution in [0.5, 0.6) is 5.88 Å². The normalized spacial score (nSPS) is 19.0. The van der Waals surface area contributed by atoms with Gasteiger partial charge in [-0.05, 0) is 20.8 Å². The Morgan fingerprint density at radius 2 is 2.20 bits per heavy atom. The van der Waals surface area contributed by atoms with Crippen LogP contribution >= 0.6 is 0 Å². The van der Waals surface area contributed by atoms with Crippen LogP contribution < -0.4 is 4.74 Å². The van der Waals surface area contributed by atoms with Crippen molar-refractivity contribution >= 4 is 6.09 Å². The lowest BCUT2D eigenvalue weighted by Crippen LogP contribution is -2.36. The fourth-order valence-electron chi connectivity index (χ4n) is 1.85. The number of carbonyl (C=O) groups is 1. The third-order valence-corrected chi connectivity index (χ3v) is 2.66. The lowest BCUT2D eigenvalue weighted by atomic mass is 10.1.